The molecule has 0 aliphatic carbocycles. The third-order valence-corrected chi connectivity index (χ3v) is 3.18. The average molecular weight is 273 g/mol. The molecule has 0 saturated carbocycles. The number of aromatic nitrogens is 4. The zero-order valence-electron chi connectivity index (χ0n) is 11.3. The van der Waals surface area contributed by atoms with Crippen molar-refractivity contribution in [2.45, 2.75) is 19.4 Å². The van der Waals surface area contributed by atoms with Crippen LogP contribution in [0.25, 0.3) is 11.2 Å². The smallest absolute Gasteiger partial charge is 0.245 e. The maximum atomic E-state index is 6.00. The van der Waals surface area contributed by atoms with E-state index in [1.54, 1.807) is 13.4 Å². The summed E-state index contributed by atoms with van der Waals surface area (Å²) in [5, 5.41) is 0. The van der Waals surface area contributed by atoms with Crippen LogP contribution >= 0.6 is 0 Å². The van der Waals surface area contributed by atoms with Gasteiger partial charge in [-0.1, -0.05) is 0 Å². The number of nitrogens with two attached hydrogens (primary N) is 1. The highest BCUT2D eigenvalue weighted by Gasteiger charge is 2.19. The first kappa shape index (κ1) is 12.5. The number of ether oxygens (including phenoxy) is 1. The van der Waals surface area contributed by atoms with Crippen molar-refractivity contribution in [1.29, 1.82) is 0 Å². The molecule has 3 aromatic rings. The van der Waals surface area contributed by atoms with E-state index >= 15 is 0 Å². The van der Waals surface area contributed by atoms with Crippen LogP contribution in [0, 0.1) is 0 Å². The van der Waals surface area contributed by atoms with Crippen LogP contribution in [-0.4, -0.2) is 26.6 Å². The minimum absolute atomic E-state index is 0.0609. The molecule has 3 aromatic heterocycles. The molecule has 104 valence electrons. The summed E-state index contributed by atoms with van der Waals surface area (Å²) in [6.07, 6.45) is 3.80. The molecule has 0 aliphatic rings. The second kappa shape index (κ2) is 4.84. The molecule has 0 spiro atoms. The number of anilines is 1. The molecule has 1 unspecified atom stereocenters. The molecule has 20 heavy (non-hydrogen) atoms. The van der Waals surface area contributed by atoms with Gasteiger partial charge in [-0.05, 0) is 19.1 Å². The minimum atomic E-state index is 0.0609. The van der Waals surface area contributed by atoms with Crippen molar-refractivity contribution < 1.29 is 9.15 Å². The third-order valence-electron chi connectivity index (χ3n) is 3.18. The normalized spacial score (nSPS) is 12.7. The van der Waals surface area contributed by atoms with E-state index in [0.29, 0.717) is 29.4 Å². The number of rotatable bonds is 4. The predicted octanol–water partition coefficient (Wildman–Crippen LogP) is 1.81. The lowest BCUT2D eigenvalue weighted by Crippen LogP contribution is -2.11. The van der Waals surface area contributed by atoms with Gasteiger partial charge < -0.3 is 14.9 Å². The van der Waals surface area contributed by atoms with Gasteiger partial charge in [0.05, 0.1) is 13.4 Å². The molecule has 3 heterocycles. The zero-order valence-corrected chi connectivity index (χ0v) is 11.3. The molecule has 2 N–H and O–H groups in total. The zero-order chi connectivity index (χ0) is 14.1. The summed E-state index contributed by atoms with van der Waals surface area (Å²) < 4.78 is 12.4. The predicted molar refractivity (Wildman–Crippen MR) is 73.4 cm³/mol. The summed E-state index contributed by atoms with van der Waals surface area (Å²) in [5.41, 5.74) is 7.23. The number of furan rings is 1. The van der Waals surface area contributed by atoms with E-state index in [9.17, 15) is 0 Å². The summed E-state index contributed by atoms with van der Waals surface area (Å²) in [6, 6.07) is 3.86. The lowest BCUT2D eigenvalue weighted by Gasteiger charge is -2.13. The molecule has 7 heteroatoms. The first-order valence-corrected chi connectivity index (χ1v) is 6.25. The van der Waals surface area contributed by atoms with Crippen molar-refractivity contribution in [1.82, 2.24) is 19.5 Å². The molecule has 0 aromatic carbocycles. The van der Waals surface area contributed by atoms with E-state index in [1.165, 1.54) is 6.33 Å². The van der Waals surface area contributed by atoms with E-state index in [2.05, 4.69) is 15.0 Å². The van der Waals surface area contributed by atoms with E-state index in [0.717, 1.165) is 5.76 Å². The van der Waals surface area contributed by atoms with Gasteiger partial charge in [0.25, 0.3) is 0 Å². The lowest BCUT2D eigenvalue weighted by atomic mass is 10.2. The number of imidazole rings is 1. The van der Waals surface area contributed by atoms with Crippen LogP contribution in [0.3, 0.4) is 0 Å². The molecule has 0 bridgehead atoms. The number of nitrogens with zero attached hydrogens (tertiary/aromatic N) is 4. The molecule has 7 nitrogen and oxygen atoms in total. The number of fused-ring (bicyclic) bond motifs is 1. The van der Waals surface area contributed by atoms with Crippen molar-refractivity contribution in [2.75, 3.05) is 12.8 Å². The van der Waals surface area contributed by atoms with Crippen molar-refractivity contribution in [3.05, 3.63) is 30.5 Å². The van der Waals surface area contributed by atoms with Crippen molar-refractivity contribution in [3.63, 3.8) is 0 Å². The summed E-state index contributed by atoms with van der Waals surface area (Å²) in [5.74, 6) is 1.70. The highest BCUT2D eigenvalue weighted by molar-refractivity contribution is 5.79. The molecule has 0 aliphatic heterocycles. The lowest BCUT2D eigenvalue weighted by molar-refractivity contribution is 0.401. The quantitative estimate of drug-likeness (QED) is 0.779. The van der Waals surface area contributed by atoms with Gasteiger partial charge in [0.1, 0.15) is 12.1 Å². The van der Waals surface area contributed by atoms with E-state index in [1.807, 2.05) is 23.6 Å². The number of hydrogen-bond acceptors (Lipinski definition) is 6. The number of methoxy groups -OCH3 is 1. The Morgan fingerprint density at radius 1 is 1.45 bits per heavy atom. The Labute approximate surface area is 115 Å². The fourth-order valence-corrected chi connectivity index (χ4v) is 2.30. The van der Waals surface area contributed by atoms with Crippen LogP contribution in [0.4, 0.5) is 5.95 Å². The van der Waals surface area contributed by atoms with Crippen LogP contribution in [-0.2, 0) is 6.42 Å². The highest BCUT2D eigenvalue weighted by atomic mass is 16.5. The van der Waals surface area contributed by atoms with E-state index in [4.69, 9.17) is 14.9 Å². The molecular weight excluding hydrogens is 258 g/mol. The van der Waals surface area contributed by atoms with Gasteiger partial charge in [0.2, 0.25) is 11.8 Å². The van der Waals surface area contributed by atoms with Crippen LogP contribution in [0.15, 0.2) is 29.1 Å². The first-order valence-electron chi connectivity index (χ1n) is 6.25. The second-order valence-corrected chi connectivity index (χ2v) is 4.53. The van der Waals surface area contributed by atoms with Gasteiger partial charge in [0, 0.05) is 12.5 Å². The summed E-state index contributed by atoms with van der Waals surface area (Å²) in [6.45, 7) is 2.04. The fourth-order valence-electron chi connectivity index (χ4n) is 2.30. The van der Waals surface area contributed by atoms with Gasteiger partial charge in [-0.25, -0.2) is 9.97 Å². The molecule has 1 atom stereocenters. The van der Waals surface area contributed by atoms with Gasteiger partial charge in [0.15, 0.2) is 11.2 Å². The second-order valence-electron chi connectivity index (χ2n) is 4.53. The maximum Gasteiger partial charge on any atom is 0.245 e. The summed E-state index contributed by atoms with van der Waals surface area (Å²) in [4.78, 5) is 12.6. The van der Waals surface area contributed by atoms with Gasteiger partial charge >= 0.3 is 0 Å². The van der Waals surface area contributed by atoms with Crippen molar-refractivity contribution in [3.8, 4) is 5.88 Å². The van der Waals surface area contributed by atoms with Crippen LogP contribution in [0.1, 0.15) is 18.7 Å². The first-order chi connectivity index (χ1) is 9.70. The highest BCUT2D eigenvalue weighted by Crippen LogP contribution is 2.27. The van der Waals surface area contributed by atoms with Gasteiger partial charge in [-0.3, -0.25) is 4.57 Å². The molecule has 0 fully saturated rings. The Balaban J connectivity index is 2.04. The largest absolute Gasteiger partial charge is 0.479 e. The average Bonchev–Trinajstić information content (AvgIpc) is 3.04. The van der Waals surface area contributed by atoms with E-state index in [-0.39, 0.29) is 6.04 Å². The Bertz CT molecular complexity index is 720. The minimum Gasteiger partial charge on any atom is -0.479 e. The van der Waals surface area contributed by atoms with E-state index < -0.39 is 0 Å². The third kappa shape index (κ3) is 1.97. The molecule has 0 amide bonds. The Morgan fingerprint density at radius 2 is 2.30 bits per heavy atom. The molecule has 0 radical (unpaired) electrons. The topological polar surface area (TPSA) is 92.0 Å². The molecule has 0 saturated heterocycles. The van der Waals surface area contributed by atoms with Crippen molar-refractivity contribution in [2.24, 2.45) is 0 Å². The summed E-state index contributed by atoms with van der Waals surface area (Å²) in [7, 11) is 1.54. The Morgan fingerprint density at radius 3 is 3.00 bits per heavy atom. The van der Waals surface area contributed by atoms with Crippen molar-refractivity contribution >= 4 is 17.1 Å². The number of nitrogen functional groups attached to an aromatic ring is 1. The van der Waals surface area contributed by atoms with Crippen LogP contribution in [0.2, 0.25) is 0 Å². The van der Waals surface area contributed by atoms with Gasteiger partial charge in [-0.15, -0.1) is 0 Å². The van der Waals surface area contributed by atoms with Crippen LogP contribution in [0.5, 0.6) is 5.88 Å². The molecular formula is C13H15N5O2. The Kier molecular flexibility index (Phi) is 3.02. The summed E-state index contributed by atoms with van der Waals surface area (Å²) >= 11 is 0. The number of hydrogen-bond donors (Lipinski definition) is 1. The van der Waals surface area contributed by atoms with Gasteiger partial charge in [-0.2, -0.15) is 4.98 Å². The maximum absolute atomic E-state index is 6.00. The SMILES string of the molecule is COc1ncnc2c1nc(N)n2C(C)Cc1ccco1. The standard InChI is InChI=1S/C13H15N5O2/c1-8(6-9-4-3-5-20-9)18-11-10(17-13(18)14)12(19-2)16-7-15-11/h3-5,7-8H,6H2,1-2H3,(H2,14,17). The Hall–Kier alpha value is -2.57. The van der Waals surface area contributed by atoms with Crippen LogP contribution < -0.4 is 10.5 Å². The molecule has 3 rings (SSSR count). The fraction of sp³-hybridized carbons (Fsp3) is 0.308. The monoisotopic (exact) mass is 273 g/mol.